The number of H-pyrrole nitrogens is 1. The first-order chi connectivity index (χ1) is 7.58. The van der Waals surface area contributed by atoms with Crippen LogP contribution in [0, 0.1) is 0 Å². The number of carbonyl (C=O) groups excluding carboxylic acids is 1. The van der Waals surface area contributed by atoms with Crippen molar-refractivity contribution in [1.29, 1.82) is 0 Å². The molecule has 2 aromatic rings. The molecule has 0 saturated carbocycles. The van der Waals surface area contributed by atoms with E-state index in [0.29, 0.717) is 21.3 Å². The maximum atomic E-state index is 11.1. The Morgan fingerprint density at radius 2 is 1.81 bits per heavy atom. The van der Waals surface area contributed by atoms with E-state index in [4.69, 9.17) is 28.9 Å². The second-order valence-corrected chi connectivity index (χ2v) is 3.92. The molecule has 2 rings (SSSR count). The number of carbonyl (C=O) groups is 1. The van der Waals surface area contributed by atoms with Crippen LogP contribution < -0.4 is 5.73 Å². The molecular formula is C9H6Cl2N4O. The maximum absolute atomic E-state index is 11.1. The summed E-state index contributed by atoms with van der Waals surface area (Å²) < 4.78 is 0. The molecule has 5 nitrogen and oxygen atoms in total. The van der Waals surface area contributed by atoms with Crippen LogP contribution in [0.3, 0.4) is 0 Å². The minimum absolute atomic E-state index is 0.0540. The molecule has 0 atom stereocenters. The number of rotatable bonds is 2. The summed E-state index contributed by atoms with van der Waals surface area (Å²) in [5.41, 5.74) is 6.11. The molecule has 16 heavy (non-hydrogen) atoms. The number of nitrogens with two attached hydrogens (primary N) is 1. The summed E-state index contributed by atoms with van der Waals surface area (Å²) in [6.45, 7) is 0. The van der Waals surface area contributed by atoms with Crippen molar-refractivity contribution in [3.63, 3.8) is 0 Å². The number of aromatic nitrogens is 3. The highest BCUT2D eigenvalue weighted by Crippen LogP contribution is 2.27. The summed E-state index contributed by atoms with van der Waals surface area (Å²) in [5.74, 6) is -0.667. The van der Waals surface area contributed by atoms with Crippen molar-refractivity contribution in [3.05, 3.63) is 33.9 Å². The van der Waals surface area contributed by atoms with Crippen molar-refractivity contribution in [2.45, 2.75) is 0 Å². The van der Waals surface area contributed by atoms with Crippen LogP contribution in [0.5, 0.6) is 0 Å². The molecule has 0 saturated heterocycles. The summed E-state index contributed by atoms with van der Waals surface area (Å²) in [6.07, 6.45) is 0. The minimum atomic E-state index is -0.667. The predicted octanol–water partition coefficient (Wildman–Crippen LogP) is 1.88. The number of nitrogens with one attached hydrogen (secondary N) is 1. The van der Waals surface area contributed by atoms with E-state index in [1.165, 1.54) is 0 Å². The van der Waals surface area contributed by atoms with Gasteiger partial charge in [0.25, 0.3) is 5.91 Å². The van der Waals surface area contributed by atoms with Crippen molar-refractivity contribution < 1.29 is 4.79 Å². The normalized spacial score (nSPS) is 10.4. The smallest absolute Gasteiger partial charge is 0.271 e. The van der Waals surface area contributed by atoms with Crippen LogP contribution >= 0.6 is 23.2 Å². The third-order valence-electron chi connectivity index (χ3n) is 1.92. The second kappa shape index (κ2) is 4.11. The van der Waals surface area contributed by atoms with Crippen LogP contribution in [0.1, 0.15) is 10.5 Å². The molecule has 0 aliphatic rings. The lowest BCUT2D eigenvalue weighted by Crippen LogP contribution is -2.12. The van der Waals surface area contributed by atoms with Gasteiger partial charge in [0.1, 0.15) is 5.69 Å². The quantitative estimate of drug-likeness (QED) is 0.861. The zero-order valence-electron chi connectivity index (χ0n) is 7.87. The van der Waals surface area contributed by atoms with Crippen molar-refractivity contribution in [1.82, 2.24) is 15.4 Å². The van der Waals surface area contributed by atoms with Gasteiger partial charge in [-0.15, -0.1) is 0 Å². The Hall–Kier alpha value is -1.59. The van der Waals surface area contributed by atoms with Gasteiger partial charge in [0.2, 0.25) is 0 Å². The molecule has 0 fully saturated rings. The number of hydrogen-bond donors (Lipinski definition) is 2. The fraction of sp³-hybridized carbons (Fsp3) is 0. The molecule has 0 spiro atoms. The summed E-state index contributed by atoms with van der Waals surface area (Å²) in [6, 6.07) is 4.83. The number of primary amides is 1. The lowest BCUT2D eigenvalue weighted by atomic mass is 10.1. The molecule has 1 aromatic carbocycles. The predicted molar refractivity (Wildman–Crippen MR) is 60.4 cm³/mol. The Morgan fingerprint density at radius 3 is 2.38 bits per heavy atom. The molecule has 0 bridgehead atoms. The number of nitrogens with zero attached hydrogens (tertiary/aromatic N) is 2. The van der Waals surface area contributed by atoms with Crippen LogP contribution in [0.25, 0.3) is 11.3 Å². The van der Waals surface area contributed by atoms with Gasteiger partial charge in [0, 0.05) is 15.6 Å². The minimum Gasteiger partial charge on any atom is -0.364 e. The number of halogens is 2. The fourth-order valence-electron chi connectivity index (χ4n) is 1.29. The van der Waals surface area contributed by atoms with Crippen molar-refractivity contribution in [2.24, 2.45) is 5.73 Å². The third kappa shape index (κ3) is 2.00. The van der Waals surface area contributed by atoms with Gasteiger partial charge in [0.05, 0.1) is 0 Å². The Balaban J connectivity index is 2.58. The van der Waals surface area contributed by atoms with Gasteiger partial charge in [-0.25, -0.2) is 0 Å². The van der Waals surface area contributed by atoms with Crippen molar-refractivity contribution in [2.75, 3.05) is 0 Å². The van der Waals surface area contributed by atoms with Crippen LogP contribution in [0.2, 0.25) is 10.0 Å². The molecule has 0 aliphatic heterocycles. The summed E-state index contributed by atoms with van der Waals surface area (Å²) in [7, 11) is 0. The van der Waals surface area contributed by atoms with Gasteiger partial charge in [-0.3, -0.25) is 4.79 Å². The molecule has 0 radical (unpaired) electrons. The van der Waals surface area contributed by atoms with Gasteiger partial charge in [-0.1, -0.05) is 23.2 Å². The van der Waals surface area contributed by atoms with E-state index in [0.717, 1.165) is 0 Å². The van der Waals surface area contributed by atoms with Gasteiger partial charge < -0.3 is 5.73 Å². The van der Waals surface area contributed by atoms with Gasteiger partial charge in [-0.05, 0) is 18.2 Å². The topological polar surface area (TPSA) is 84.7 Å². The first-order valence-electron chi connectivity index (χ1n) is 4.25. The monoisotopic (exact) mass is 256 g/mol. The van der Waals surface area contributed by atoms with Crippen molar-refractivity contribution >= 4 is 29.1 Å². The number of benzene rings is 1. The van der Waals surface area contributed by atoms with Gasteiger partial charge in [-0.2, -0.15) is 15.4 Å². The summed E-state index contributed by atoms with van der Waals surface area (Å²) >= 11 is 11.7. The second-order valence-electron chi connectivity index (χ2n) is 3.04. The standard InChI is InChI=1S/C9H6Cl2N4O/c10-5-1-4(2-6(11)3-5)7-8(9(12)16)14-15-13-7/h1-3H,(H2,12,16)(H,13,14,15). The molecule has 7 heteroatoms. The third-order valence-corrected chi connectivity index (χ3v) is 2.35. The molecule has 0 aliphatic carbocycles. The Labute approximate surface area is 101 Å². The van der Waals surface area contributed by atoms with Gasteiger partial charge >= 0.3 is 0 Å². The van der Waals surface area contributed by atoms with Crippen LogP contribution in [-0.2, 0) is 0 Å². The average Bonchev–Trinajstić information content (AvgIpc) is 2.63. The average molecular weight is 257 g/mol. The molecular weight excluding hydrogens is 251 g/mol. The number of aromatic amines is 1. The zero-order chi connectivity index (χ0) is 11.7. The van der Waals surface area contributed by atoms with Gasteiger partial charge in [0.15, 0.2) is 5.69 Å². The Bertz CT molecular complexity index is 532. The first kappa shape index (κ1) is 10.9. The molecule has 3 N–H and O–H groups in total. The molecule has 82 valence electrons. The number of amides is 1. The lowest BCUT2D eigenvalue weighted by molar-refractivity contribution is 0.0996. The molecule has 1 aromatic heterocycles. The molecule has 1 heterocycles. The van der Waals surface area contributed by atoms with Crippen LogP contribution in [0.15, 0.2) is 18.2 Å². The van der Waals surface area contributed by atoms with E-state index in [2.05, 4.69) is 15.4 Å². The van der Waals surface area contributed by atoms with E-state index < -0.39 is 5.91 Å². The molecule has 0 unspecified atom stereocenters. The lowest BCUT2D eigenvalue weighted by Gasteiger charge is -2.00. The van der Waals surface area contributed by atoms with Crippen LogP contribution in [0.4, 0.5) is 0 Å². The summed E-state index contributed by atoms with van der Waals surface area (Å²) in [4.78, 5) is 11.1. The van der Waals surface area contributed by atoms with Crippen molar-refractivity contribution in [3.8, 4) is 11.3 Å². The fourth-order valence-corrected chi connectivity index (χ4v) is 1.82. The van der Waals surface area contributed by atoms with E-state index >= 15 is 0 Å². The number of hydrogen-bond acceptors (Lipinski definition) is 3. The van der Waals surface area contributed by atoms with E-state index in [-0.39, 0.29) is 5.69 Å². The maximum Gasteiger partial charge on any atom is 0.271 e. The highest BCUT2D eigenvalue weighted by atomic mass is 35.5. The molecule has 1 amide bonds. The highest BCUT2D eigenvalue weighted by Gasteiger charge is 2.15. The largest absolute Gasteiger partial charge is 0.364 e. The Morgan fingerprint density at radius 1 is 1.19 bits per heavy atom. The first-order valence-corrected chi connectivity index (χ1v) is 5.00. The highest BCUT2D eigenvalue weighted by molar-refractivity contribution is 6.35. The van der Waals surface area contributed by atoms with E-state index in [1.54, 1.807) is 18.2 Å². The van der Waals surface area contributed by atoms with E-state index in [1.807, 2.05) is 0 Å². The summed E-state index contributed by atoms with van der Waals surface area (Å²) in [5, 5.41) is 10.7. The van der Waals surface area contributed by atoms with E-state index in [9.17, 15) is 4.79 Å². The Kier molecular flexibility index (Phi) is 2.80. The van der Waals surface area contributed by atoms with Crippen LogP contribution in [-0.4, -0.2) is 21.3 Å². The zero-order valence-corrected chi connectivity index (χ0v) is 9.38. The SMILES string of the molecule is NC(=O)c1n[nH]nc1-c1cc(Cl)cc(Cl)c1.